The van der Waals surface area contributed by atoms with Gasteiger partial charge in [0, 0.05) is 11.6 Å². The van der Waals surface area contributed by atoms with Crippen LogP contribution in [0.1, 0.15) is 12.5 Å². The highest BCUT2D eigenvalue weighted by Crippen LogP contribution is 2.26. The third-order valence-electron chi connectivity index (χ3n) is 2.57. The van der Waals surface area contributed by atoms with E-state index < -0.39 is 5.97 Å². The predicted octanol–water partition coefficient (Wildman–Crippen LogP) is 3.05. The van der Waals surface area contributed by atoms with Crippen LogP contribution in [0.5, 0.6) is 5.75 Å². The second kappa shape index (κ2) is 5.36. The number of rotatable bonds is 3. The lowest BCUT2D eigenvalue weighted by Gasteiger charge is -2.15. The van der Waals surface area contributed by atoms with Crippen molar-refractivity contribution in [3.63, 3.8) is 0 Å². The van der Waals surface area contributed by atoms with Crippen molar-refractivity contribution in [1.29, 1.82) is 0 Å². The second-order valence-corrected chi connectivity index (χ2v) is 4.11. The summed E-state index contributed by atoms with van der Waals surface area (Å²) in [7, 11) is 0. The van der Waals surface area contributed by atoms with Crippen LogP contribution in [0.4, 0.5) is 0 Å². The first-order chi connectivity index (χ1) is 8.65. The molecule has 1 N–H and O–H groups in total. The molecule has 0 fully saturated rings. The third-order valence-corrected chi connectivity index (χ3v) is 2.57. The Hall–Kier alpha value is -2.29. The number of allylic oxidation sites excluding steroid dienone is 2. The lowest BCUT2D eigenvalue weighted by atomic mass is 10.1. The van der Waals surface area contributed by atoms with E-state index in [2.05, 4.69) is 0 Å². The average molecular weight is 242 g/mol. The number of carbonyl (C=O) groups is 1. The molecule has 1 aromatic carbocycles. The van der Waals surface area contributed by atoms with Crippen LogP contribution in [0.25, 0.3) is 6.08 Å². The maximum absolute atomic E-state index is 10.5. The van der Waals surface area contributed by atoms with E-state index in [1.807, 2.05) is 36.4 Å². The molecule has 0 aromatic heterocycles. The highest BCUT2D eigenvalue weighted by molar-refractivity contribution is 5.81. The van der Waals surface area contributed by atoms with Crippen molar-refractivity contribution in [2.75, 3.05) is 6.61 Å². The number of carboxylic acids is 1. The molecule has 3 heteroatoms. The first-order valence-electron chi connectivity index (χ1n) is 5.67. The van der Waals surface area contributed by atoms with Gasteiger partial charge in [-0.25, -0.2) is 4.79 Å². The summed E-state index contributed by atoms with van der Waals surface area (Å²) in [5, 5.41) is 8.60. The van der Waals surface area contributed by atoms with Gasteiger partial charge in [-0.1, -0.05) is 30.4 Å². The number of hydrogen-bond donors (Lipinski definition) is 1. The molecule has 0 amide bonds. The number of benzene rings is 1. The van der Waals surface area contributed by atoms with Gasteiger partial charge < -0.3 is 9.84 Å². The van der Waals surface area contributed by atoms with Crippen molar-refractivity contribution in [2.45, 2.75) is 6.92 Å². The number of fused-ring (bicyclic) bond motifs is 1. The molecule has 1 aliphatic rings. The minimum Gasteiger partial charge on any atom is -0.488 e. The van der Waals surface area contributed by atoms with Crippen molar-refractivity contribution in [2.24, 2.45) is 0 Å². The molecule has 18 heavy (non-hydrogen) atoms. The summed E-state index contributed by atoms with van der Waals surface area (Å²) in [5.41, 5.74) is 2.76. The molecule has 0 saturated heterocycles. The lowest BCUT2D eigenvalue weighted by molar-refractivity contribution is -0.131. The first-order valence-corrected chi connectivity index (χ1v) is 5.67. The molecule has 1 aliphatic heterocycles. The van der Waals surface area contributed by atoms with Crippen LogP contribution >= 0.6 is 0 Å². The molecule has 2 rings (SSSR count). The zero-order valence-electron chi connectivity index (χ0n) is 10.1. The summed E-state index contributed by atoms with van der Waals surface area (Å²) in [5.74, 6) is -0.0520. The lowest BCUT2D eigenvalue weighted by Crippen LogP contribution is -2.05. The zero-order valence-corrected chi connectivity index (χ0v) is 10.1. The van der Waals surface area contributed by atoms with Gasteiger partial charge >= 0.3 is 5.97 Å². The SMILES string of the molecule is CC(/C=C/C1=Cc2ccccc2OC1)=C\C(=O)O. The van der Waals surface area contributed by atoms with E-state index in [1.54, 1.807) is 13.0 Å². The molecular formula is C15H14O3. The van der Waals surface area contributed by atoms with E-state index in [0.29, 0.717) is 12.2 Å². The van der Waals surface area contributed by atoms with Crippen molar-refractivity contribution >= 4 is 12.0 Å². The Bertz CT molecular complexity index is 551. The molecule has 1 heterocycles. The van der Waals surface area contributed by atoms with E-state index in [4.69, 9.17) is 9.84 Å². The number of carboxylic acid groups (broad SMARTS) is 1. The van der Waals surface area contributed by atoms with Gasteiger partial charge in [-0.2, -0.15) is 0 Å². The van der Waals surface area contributed by atoms with Crippen LogP contribution in [0.2, 0.25) is 0 Å². The van der Waals surface area contributed by atoms with Gasteiger partial charge in [-0.3, -0.25) is 0 Å². The quantitative estimate of drug-likeness (QED) is 0.654. The smallest absolute Gasteiger partial charge is 0.328 e. The summed E-state index contributed by atoms with van der Waals surface area (Å²) >= 11 is 0. The fourth-order valence-electron chi connectivity index (χ4n) is 1.71. The summed E-state index contributed by atoms with van der Waals surface area (Å²) in [6.45, 7) is 2.26. The maximum Gasteiger partial charge on any atom is 0.328 e. The van der Waals surface area contributed by atoms with Crippen LogP contribution in [-0.4, -0.2) is 17.7 Å². The Morgan fingerprint density at radius 1 is 1.39 bits per heavy atom. The van der Waals surface area contributed by atoms with Gasteiger partial charge in [0.15, 0.2) is 0 Å². The predicted molar refractivity (Wildman–Crippen MR) is 70.4 cm³/mol. The Morgan fingerprint density at radius 3 is 2.94 bits per heavy atom. The van der Waals surface area contributed by atoms with Gasteiger partial charge in [0.1, 0.15) is 12.4 Å². The Kier molecular flexibility index (Phi) is 3.63. The van der Waals surface area contributed by atoms with Crippen molar-refractivity contribution < 1.29 is 14.6 Å². The molecule has 1 aromatic rings. The van der Waals surface area contributed by atoms with E-state index in [-0.39, 0.29) is 0 Å². The third kappa shape index (κ3) is 3.10. The van der Waals surface area contributed by atoms with Crippen molar-refractivity contribution in [3.05, 3.63) is 59.2 Å². The second-order valence-electron chi connectivity index (χ2n) is 4.11. The van der Waals surface area contributed by atoms with Gasteiger partial charge in [-0.05, 0) is 30.2 Å². The average Bonchev–Trinajstić information content (AvgIpc) is 2.35. The van der Waals surface area contributed by atoms with Crippen LogP contribution in [-0.2, 0) is 4.79 Å². The van der Waals surface area contributed by atoms with Crippen molar-refractivity contribution in [1.82, 2.24) is 0 Å². The molecule has 92 valence electrons. The van der Waals surface area contributed by atoms with Gasteiger partial charge in [0.25, 0.3) is 0 Å². The first kappa shape index (κ1) is 12.2. The molecule has 0 spiro atoms. The van der Waals surface area contributed by atoms with Gasteiger partial charge in [0.2, 0.25) is 0 Å². The summed E-state index contributed by atoms with van der Waals surface area (Å²) in [6, 6.07) is 7.82. The molecule has 0 atom stereocenters. The van der Waals surface area contributed by atoms with Crippen LogP contribution in [0.3, 0.4) is 0 Å². The van der Waals surface area contributed by atoms with Crippen molar-refractivity contribution in [3.8, 4) is 5.75 Å². The number of aliphatic carboxylic acids is 1. The fraction of sp³-hybridized carbons (Fsp3) is 0.133. The van der Waals surface area contributed by atoms with Crippen LogP contribution in [0, 0.1) is 0 Å². The van der Waals surface area contributed by atoms with Gasteiger partial charge in [-0.15, -0.1) is 0 Å². The monoisotopic (exact) mass is 242 g/mol. The molecule has 3 nitrogen and oxygen atoms in total. The molecule has 0 aliphatic carbocycles. The number of ether oxygens (including phenoxy) is 1. The highest BCUT2D eigenvalue weighted by Gasteiger charge is 2.07. The summed E-state index contributed by atoms with van der Waals surface area (Å²) < 4.78 is 5.59. The van der Waals surface area contributed by atoms with E-state index in [0.717, 1.165) is 16.9 Å². The normalized spacial score (nSPS) is 14.9. The standard InChI is InChI=1S/C15H14O3/c1-11(8-15(16)17)6-7-12-9-13-4-2-3-5-14(13)18-10-12/h2-9H,10H2,1H3,(H,16,17)/b7-6+,11-8+. The van der Waals surface area contributed by atoms with Crippen LogP contribution < -0.4 is 4.74 Å². The minimum atomic E-state index is -0.934. The summed E-state index contributed by atoms with van der Waals surface area (Å²) in [6.07, 6.45) is 6.88. The molecule has 0 unspecified atom stereocenters. The zero-order chi connectivity index (χ0) is 13.0. The molecular weight excluding hydrogens is 228 g/mol. The fourth-order valence-corrected chi connectivity index (χ4v) is 1.71. The maximum atomic E-state index is 10.5. The minimum absolute atomic E-state index is 0.508. The van der Waals surface area contributed by atoms with Gasteiger partial charge in [0.05, 0.1) is 0 Å². The number of para-hydroxylation sites is 1. The Morgan fingerprint density at radius 2 is 2.17 bits per heavy atom. The Labute approximate surface area is 106 Å². The number of hydrogen-bond acceptors (Lipinski definition) is 2. The molecule has 0 saturated carbocycles. The van der Waals surface area contributed by atoms with Crippen LogP contribution in [0.15, 0.2) is 53.6 Å². The Balaban J connectivity index is 2.15. The largest absolute Gasteiger partial charge is 0.488 e. The highest BCUT2D eigenvalue weighted by atomic mass is 16.5. The topological polar surface area (TPSA) is 46.5 Å². The molecule has 0 bridgehead atoms. The van der Waals surface area contributed by atoms with E-state index in [1.165, 1.54) is 6.08 Å². The molecule has 0 radical (unpaired) electrons. The van der Waals surface area contributed by atoms with E-state index >= 15 is 0 Å². The van der Waals surface area contributed by atoms with E-state index in [9.17, 15) is 4.79 Å². The summed E-state index contributed by atoms with van der Waals surface area (Å²) in [4.78, 5) is 10.5.